The lowest BCUT2D eigenvalue weighted by Crippen LogP contribution is -2.54. The number of fused-ring (bicyclic) bond motifs is 4. The molecule has 2 saturated heterocycles. The molecular formula is C22H22F2N2O5S. The lowest BCUT2D eigenvalue weighted by molar-refractivity contribution is -0.0162. The van der Waals surface area contributed by atoms with Crippen molar-refractivity contribution in [2.24, 2.45) is 0 Å². The summed E-state index contributed by atoms with van der Waals surface area (Å²) >= 11 is -1.96. The van der Waals surface area contributed by atoms with Gasteiger partial charge in [0.05, 0.1) is 12.6 Å². The molecule has 2 fully saturated rings. The predicted octanol–water partition coefficient (Wildman–Crippen LogP) is 4.23. The molecular weight excluding hydrogens is 442 g/mol. The third-order valence-corrected chi connectivity index (χ3v) is 6.44. The molecule has 7 nitrogen and oxygen atoms in total. The maximum Gasteiger partial charge on any atom is 0.410 e. The molecule has 0 saturated carbocycles. The molecule has 32 heavy (non-hydrogen) atoms. The van der Waals surface area contributed by atoms with Gasteiger partial charge >= 0.3 is 17.5 Å². The van der Waals surface area contributed by atoms with Crippen molar-refractivity contribution in [2.45, 2.75) is 44.6 Å². The summed E-state index contributed by atoms with van der Waals surface area (Å²) in [6.07, 6.45) is -1.79. The van der Waals surface area contributed by atoms with Crippen LogP contribution < -0.4 is 0 Å². The Morgan fingerprint density at radius 1 is 1.03 bits per heavy atom. The first-order valence-corrected chi connectivity index (χ1v) is 11.2. The van der Waals surface area contributed by atoms with Crippen molar-refractivity contribution in [3.8, 4) is 0 Å². The number of carbonyl (C=O) groups is 1. The lowest BCUT2D eigenvalue weighted by Gasteiger charge is -2.39. The summed E-state index contributed by atoms with van der Waals surface area (Å²) in [6.45, 7) is 5.66. The van der Waals surface area contributed by atoms with E-state index in [0.29, 0.717) is 21.8 Å². The van der Waals surface area contributed by atoms with E-state index in [1.54, 1.807) is 32.9 Å². The SMILES string of the molecule is CC(C)(C)OC(=O)N1CC(n2c3ccc(F)cc3c3cc(F)ccc32)[C@H]2OS(=O)O[C@H]2C1. The third-order valence-electron chi connectivity index (χ3n) is 5.66. The average molecular weight is 464 g/mol. The molecule has 0 aliphatic carbocycles. The van der Waals surface area contributed by atoms with Gasteiger partial charge in [-0.3, -0.25) is 8.37 Å². The van der Waals surface area contributed by atoms with Crippen molar-refractivity contribution in [3.63, 3.8) is 0 Å². The highest BCUT2D eigenvalue weighted by atomic mass is 32.2. The van der Waals surface area contributed by atoms with Crippen molar-refractivity contribution in [1.29, 1.82) is 0 Å². The van der Waals surface area contributed by atoms with Gasteiger partial charge in [-0.15, -0.1) is 0 Å². The Bertz CT molecular complexity index is 1200. The van der Waals surface area contributed by atoms with Crippen LogP contribution in [0.25, 0.3) is 21.8 Å². The van der Waals surface area contributed by atoms with Crippen molar-refractivity contribution < 1.29 is 30.9 Å². The second-order valence-corrected chi connectivity index (χ2v) is 9.84. The van der Waals surface area contributed by atoms with E-state index in [0.717, 1.165) is 0 Å². The molecule has 4 atom stereocenters. The summed E-state index contributed by atoms with van der Waals surface area (Å²) in [5.41, 5.74) is 0.590. The number of carbonyl (C=O) groups excluding carboxylic acids is 1. The van der Waals surface area contributed by atoms with Gasteiger partial charge in [-0.25, -0.2) is 13.6 Å². The molecule has 0 spiro atoms. The number of hydrogen-bond acceptors (Lipinski definition) is 5. The number of piperidine rings is 1. The number of aromatic nitrogens is 1. The van der Waals surface area contributed by atoms with E-state index in [9.17, 15) is 17.8 Å². The fourth-order valence-electron chi connectivity index (χ4n) is 4.46. The van der Waals surface area contributed by atoms with Crippen LogP contribution in [0.3, 0.4) is 0 Å². The Balaban J connectivity index is 1.66. The van der Waals surface area contributed by atoms with Gasteiger partial charge in [0, 0.05) is 28.4 Å². The molecule has 170 valence electrons. The molecule has 0 N–H and O–H groups in total. The zero-order valence-corrected chi connectivity index (χ0v) is 18.5. The Morgan fingerprint density at radius 3 is 2.19 bits per heavy atom. The van der Waals surface area contributed by atoms with Crippen LogP contribution in [-0.4, -0.2) is 50.7 Å². The molecule has 3 heterocycles. The molecule has 2 aromatic carbocycles. The largest absolute Gasteiger partial charge is 0.444 e. The summed E-state index contributed by atoms with van der Waals surface area (Å²) in [4.78, 5) is 14.3. The molecule has 0 bridgehead atoms. The van der Waals surface area contributed by atoms with Crippen LogP contribution in [0.4, 0.5) is 13.6 Å². The van der Waals surface area contributed by atoms with Crippen LogP contribution in [0.15, 0.2) is 36.4 Å². The molecule has 0 radical (unpaired) electrons. The average Bonchev–Trinajstić information content (AvgIpc) is 3.22. The highest BCUT2D eigenvalue weighted by Gasteiger charge is 2.49. The fourth-order valence-corrected chi connectivity index (χ4v) is 5.31. The minimum absolute atomic E-state index is 0.155. The number of amides is 1. The predicted molar refractivity (Wildman–Crippen MR) is 114 cm³/mol. The molecule has 10 heteroatoms. The quantitative estimate of drug-likeness (QED) is 0.539. The van der Waals surface area contributed by atoms with E-state index in [1.807, 2.05) is 4.57 Å². The zero-order valence-electron chi connectivity index (χ0n) is 17.7. The standard InChI is InChI=1S/C22H22F2N2O5S/c1-22(2,3)29-21(27)25-10-18(20-19(11-25)30-32(28)31-20)26-16-6-4-12(23)8-14(16)15-9-13(24)5-7-17(15)26/h4-9,18-20H,10-11H2,1-3H3/t18?,19-,20+,32?/m0/s1. The Labute approximate surface area is 185 Å². The van der Waals surface area contributed by atoms with E-state index in [4.69, 9.17) is 13.1 Å². The highest BCUT2D eigenvalue weighted by molar-refractivity contribution is 7.75. The maximum absolute atomic E-state index is 14.1. The van der Waals surface area contributed by atoms with Gasteiger partial charge in [0.2, 0.25) is 0 Å². The van der Waals surface area contributed by atoms with Crippen LogP contribution in [-0.2, 0) is 24.5 Å². The number of benzene rings is 2. The Kier molecular flexibility index (Phi) is 4.99. The fraction of sp³-hybridized carbons (Fsp3) is 0.409. The topological polar surface area (TPSA) is 70.0 Å². The second kappa shape index (κ2) is 7.50. The van der Waals surface area contributed by atoms with E-state index < -0.39 is 52.9 Å². The summed E-state index contributed by atoms with van der Waals surface area (Å²) in [6, 6.07) is 8.04. The summed E-state index contributed by atoms with van der Waals surface area (Å²) in [5.74, 6) is -0.890. The molecule has 1 amide bonds. The van der Waals surface area contributed by atoms with Gasteiger partial charge in [0.15, 0.2) is 0 Å². The molecule has 5 rings (SSSR count). The van der Waals surface area contributed by atoms with E-state index in [-0.39, 0.29) is 13.1 Å². The van der Waals surface area contributed by atoms with Crippen LogP contribution in [0.5, 0.6) is 0 Å². The van der Waals surface area contributed by atoms with Crippen LogP contribution in [0.1, 0.15) is 26.8 Å². The van der Waals surface area contributed by atoms with Gasteiger partial charge in [0.1, 0.15) is 29.4 Å². The van der Waals surface area contributed by atoms with E-state index >= 15 is 0 Å². The van der Waals surface area contributed by atoms with Crippen LogP contribution >= 0.6 is 0 Å². The molecule has 3 aromatic rings. The number of ether oxygens (including phenoxy) is 1. The number of likely N-dealkylation sites (tertiary alicyclic amines) is 1. The smallest absolute Gasteiger partial charge is 0.410 e. The normalized spacial score (nSPS) is 26.0. The van der Waals surface area contributed by atoms with Crippen LogP contribution in [0.2, 0.25) is 0 Å². The first-order valence-electron chi connectivity index (χ1n) is 10.2. The lowest BCUT2D eigenvalue weighted by atomic mass is 9.99. The summed E-state index contributed by atoms with van der Waals surface area (Å²) in [7, 11) is 0. The first-order chi connectivity index (χ1) is 15.1. The van der Waals surface area contributed by atoms with Crippen molar-refractivity contribution in [1.82, 2.24) is 9.47 Å². The molecule has 2 aliphatic heterocycles. The Hall–Kier alpha value is -2.56. The summed E-state index contributed by atoms with van der Waals surface area (Å²) in [5, 5.41) is 1.07. The van der Waals surface area contributed by atoms with E-state index in [2.05, 4.69) is 0 Å². The minimum Gasteiger partial charge on any atom is -0.444 e. The zero-order chi connectivity index (χ0) is 22.8. The number of nitrogens with zero attached hydrogens (tertiary/aromatic N) is 2. The minimum atomic E-state index is -1.96. The van der Waals surface area contributed by atoms with Gasteiger partial charge in [-0.05, 0) is 57.2 Å². The van der Waals surface area contributed by atoms with Crippen molar-refractivity contribution in [3.05, 3.63) is 48.0 Å². The second-order valence-electron chi connectivity index (χ2n) is 9.05. The monoisotopic (exact) mass is 464 g/mol. The van der Waals surface area contributed by atoms with Crippen LogP contribution in [0, 0.1) is 11.6 Å². The molecule has 2 unspecified atom stereocenters. The van der Waals surface area contributed by atoms with E-state index in [1.165, 1.54) is 29.2 Å². The van der Waals surface area contributed by atoms with Gasteiger partial charge in [-0.2, -0.15) is 4.21 Å². The highest BCUT2D eigenvalue weighted by Crippen LogP contribution is 2.40. The maximum atomic E-state index is 14.1. The van der Waals surface area contributed by atoms with Gasteiger partial charge < -0.3 is 14.2 Å². The first kappa shape index (κ1) is 21.3. The molecule has 2 aliphatic rings. The molecule has 1 aromatic heterocycles. The van der Waals surface area contributed by atoms with Gasteiger partial charge in [-0.1, -0.05) is 0 Å². The number of rotatable bonds is 1. The summed E-state index contributed by atoms with van der Waals surface area (Å²) < 4.78 is 58.6. The van der Waals surface area contributed by atoms with Crippen molar-refractivity contribution >= 4 is 39.3 Å². The number of hydrogen-bond donors (Lipinski definition) is 0. The number of halogens is 2. The van der Waals surface area contributed by atoms with Crippen molar-refractivity contribution in [2.75, 3.05) is 13.1 Å². The van der Waals surface area contributed by atoms with Gasteiger partial charge in [0.25, 0.3) is 0 Å². The third kappa shape index (κ3) is 3.66. The Morgan fingerprint density at radius 2 is 1.62 bits per heavy atom.